The van der Waals surface area contributed by atoms with Crippen molar-refractivity contribution in [2.24, 2.45) is 5.92 Å². The first kappa shape index (κ1) is 17.7. The number of nitrogens with zero attached hydrogens (tertiary/aromatic N) is 3. The molecule has 0 spiro atoms. The monoisotopic (exact) mass is 390 g/mol. The molecule has 29 heavy (non-hydrogen) atoms. The highest BCUT2D eigenvalue weighted by Gasteiger charge is 2.46. The van der Waals surface area contributed by atoms with Crippen LogP contribution in [0, 0.1) is 5.92 Å². The van der Waals surface area contributed by atoms with Crippen LogP contribution in [0.4, 0.5) is 0 Å². The Morgan fingerprint density at radius 2 is 1.76 bits per heavy atom. The van der Waals surface area contributed by atoms with E-state index in [1.54, 1.807) is 23.3 Å². The van der Waals surface area contributed by atoms with Crippen LogP contribution in [0.15, 0.2) is 59.2 Å². The lowest BCUT2D eigenvalue weighted by Crippen LogP contribution is -2.51. The van der Waals surface area contributed by atoms with Gasteiger partial charge in [-0.2, -0.15) is 5.10 Å². The lowest BCUT2D eigenvalue weighted by molar-refractivity contribution is -0.134. The number of carbonyl (C=O) groups is 2. The largest absolute Gasteiger partial charge is 0.463 e. The molecule has 3 aromatic rings. The van der Waals surface area contributed by atoms with Crippen molar-refractivity contribution in [3.8, 4) is 11.5 Å². The topological polar surface area (TPSA) is 82.4 Å². The lowest BCUT2D eigenvalue weighted by Gasteiger charge is -2.34. The summed E-state index contributed by atoms with van der Waals surface area (Å²) in [5.41, 5.74) is 2.28. The number of piperazine rings is 1. The van der Waals surface area contributed by atoms with Crippen LogP contribution in [0.1, 0.15) is 28.4 Å². The first-order valence-electron chi connectivity index (χ1n) is 9.93. The third-order valence-corrected chi connectivity index (χ3v) is 5.80. The number of nitrogens with one attached hydrogen (secondary N) is 1. The summed E-state index contributed by atoms with van der Waals surface area (Å²) in [7, 11) is 0. The standard InChI is InChI=1S/C22H22N4O3/c27-21(17-13-16(17)15-5-2-1-3-6-15)25-8-10-26(11-9-25)22(28)19-14-18(23-24-19)20-7-4-12-29-20/h1-7,12,14,16-17H,8-11,13H2,(H,23,24). The number of aromatic amines is 1. The summed E-state index contributed by atoms with van der Waals surface area (Å²) in [5.74, 6) is 1.16. The fourth-order valence-corrected chi connectivity index (χ4v) is 4.05. The number of hydrogen-bond acceptors (Lipinski definition) is 4. The van der Waals surface area contributed by atoms with Crippen LogP contribution < -0.4 is 0 Å². The second-order valence-electron chi connectivity index (χ2n) is 7.62. The van der Waals surface area contributed by atoms with Gasteiger partial charge in [0.1, 0.15) is 5.69 Å². The molecular formula is C22H22N4O3. The Hall–Kier alpha value is -3.35. The average Bonchev–Trinajstić information content (AvgIpc) is 3.15. The van der Waals surface area contributed by atoms with Gasteiger partial charge in [0.05, 0.1) is 6.26 Å². The Bertz CT molecular complexity index is 1000. The summed E-state index contributed by atoms with van der Waals surface area (Å²) in [4.78, 5) is 29.2. The number of hydrogen-bond donors (Lipinski definition) is 1. The molecule has 2 amide bonds. The van der Waals surface area contributed by atoms with Crippen LogP contribution in [0.3, 0.4) is 0 Å². The van der Waals surface area contributed by atoms with Crippen molar-refractivity contribution in [1.29, 1.82) is 0 Å². The van der Waals surface area contributed by atoms with E-state index < -0.39 is 0 Å². The molecule has 7 nitrogen and oxygen atoms in total. The van der Waals surface area contributed by atoms with E-state index in [1.165, 1.54) is 5.56 Å². The molecule has 3 heterocycles. The van der Waals surface area contributed by atoms with E-state index in [0.29, 0.717) is 49.2 Å². The zero-order chi connectivity index (χ0) is 19.8. The molecule has 1 aromatic carbocycles. The minimum atomic E-state index is -0.125. The fourth-order valence-electron chi connectivity index (χ4n) is 4.05. The molecule has 1 saturated heterocycles. The van der Waals surface area contributed by atoms with Crippen LogP contribution in [-0.2, 0) is 4.79 Å². The molecular weight excluding hydrogens is 368 g/mol. The first-order valence-corrected chi connectivity index (χ1v) is 9.93. The molecule has 2 aliphatic rings. The van der Waals surface area contributed by atoms with Gasteiger partial charge in [0, 0.05) is 38.2 Å². The molecule has 1 N–H and O–H groups in total. The van der Waals surface area contributed by atoms with Gasteiger partial charge in [0.15, 0.2) is 11.5 Å². The SMILES string of the molecule is O=C(c1cc(-c2ccco2)[nH]n1)N1CCN(C(=O)C2CC2c2ccccc2)CC1. The highest BCUT2D eigenvalue weighted by atomic mass is 16.3. The molecule has 148 valence electrons. The van der Waals surface area contributed by atoms with Crippen molar-refractivity contribution in [1.82, 2.24) is 20.0 Å². The molecule has 7 heteroatoms. The molecule has 1 saturated carbocycles. The first-order chi connectivity index (χ1) is 14.2. The average molecular weight is 390 g/mol. The summed E-state index contributed by atoms with van der Waals surface area (Å²) < 4.78 is 5.33. The summed E-state index contributed by atoms with van der Waals surface area (Å²) in [5, 5.41) is 6.97. The summed E-state index contributed by atoms with van der Waals surface area (Å²) in [6, 6.07) is 15.5. The molecule has 2 aromatic heterocycles. The minimum absolute atomic E-state index is 0.0850. The predicted octanol–water partition coefficient (Wildman–Crippen LogP) is 2.76. The van der Waals surface area contributed by atoms with Gasteiger partial charge < -0.3 is 14.2 Å². The van der Waals surface area contributed by atoms with Crippen molar-refractivity contribution in [2.45, 2.75) is 12.3 Å². The Labute approximate surface area is 168 Å². The van der Waals surface area contributed by atoms with Crippen molar-refractivity contribution >= 4 is 11.8 Å². The summed E-state index contributed by atoms with van der Waals surface area (Å²) in [6.07, 6.45) is 2.50. The van der Waals surface area contributed by atoms with E-state index in [-0.39, 0.29) is 17.7 Å². The van der Waals surface area contributed by atoms with Gasteiger partial charge in [0.25, 0.3) is 5.91 Å². The summed E-state index contributed by atoms with van der Waals surface area (Å²) in [6.45, 7) is 2.18. The molecule has 2 atom stereocenters. The zero-order valence-electron chi connectivity index (χ0n) is 16.0. The normalized spacial score (nSPS) is 21.2. The van der Waals surface area contributed by atoms with Gasteiger partial charge in [-0.1, -0.05) is 30.3 Å². The van der Waals surface area contributed by atoms with Gasteiger partial charge in [-0.05, 0) is 30.0 Å². The number of rotatable bonds is 4. The van der Waals surface area contributed by atoms with Crippen molar-refractivity contribution < 1.29 is 14.0 Å². The summed E-state index contributed by atoms with van der Waals surface area (Å²) >= 11 is 0. The van der Waals surface area contributed by atoms with Gasteiger partial charge in [-0.15, -0.1) is 0 Å². The van der Waals surface area contributed by atoms with Gasteiger partial charge in [0.2, 0.25) is 5.91 Å². The fraction of sp³-hybridized carbons (Fsp3) is 0.318. The third kappa shape index (κ3) is 3.44. The van der Waals surface area contributed by atoms with E-state index in [9.17, 15) is 9.59 Å². The van der Waals surface area contributed by atoms with Crippen molar-refractivity contribution in [3.63, 3.8) is 0 Å². The van der Waals surface area contributed by atoms with Gasteiger partial charge >= 0.3 is 0 Å². The molecule has 0 radical (unpaired) electrons. The van der Waals surface area contributed by atoms with Crippen LogP contribution in [0.25, 0.3) is 11.5 Å². The number of amides is 2. The van der Waals surface area contributed by atoms with Crippen LogP contribution in [0.2, 0.25) is 0 Å². The number of aromatic nitrogens is 2. The highest BCUT2D eigenvalue weighted by Crippen LogP contribution is 2.48. The molecule has 2 fully saturated rings. The van der Waals surface area contributed by atoms with E-state index in [0.717, 1.165) is 6.42 Å². The van der Waals surface area contributed by atoms with Crippen molar-refractivity contribution in [3.05, 3.63) is 66.1 Å². The van der Waals surface area contributed by atoms with E-state index >= 15 is 0 Å². The quantitative estimate of drug-likeness (QED) is 0.743. The van der Waals surface area contributed by atoms with Crippen LogP contribution in [0.5, 0.6) is 0 Å². The third-order valence-electron chi connectivity index (χ3n) is 5.80. The number of furan rings is 1. The minimum Gasteiger partial charge on any atom is -0.463 e. The molecule has 0 bridgehead atoms. The maximum Gasteiger partial charge on any atom is 0.274 e. The smallest absolute Gasteiger partial charge is 0.274 e. The Kier molecular flexibility index (Phi) is 4.42. The Morgan fingerprint density at radius 3 is 2.48 bits per heavy atom. The predicted molar refractivity (Wildman–Crippen MR) is 106 cm³/mol. The Balaban J connectivity index is 1.17. The number of benzene rings is 1. The van der Waals surface area contributed by atoms with Crippen molar-refractivity contribution in [2.75, 3.05) is 26.2 Å². The van der Waals surface area contributed by atoms with Gasteiger partial charge in [-0.3, -0.25) is 14.7 Å². The molecule has 5 rings (SSSR count). The maximum absolute atomic E-state index is 12.8. The van der Waals surface area contributed by atoms with Crippen LogP contribution >= 0.6 is 0 Å². The highest BCUT2D eigenvalue weighted by molar-refractivity contribution is 5.93. The van der Waals surface area contributed by atoms with Crippen LogP contribution in [-0.4, -0.2) is 58.0 Å². The van der Waals surface area contributed by atoms with E-state index in [4.69, 9.17) is 4.42 Å². The Morgan fingerprint density at radius 1 is 1.00 bits per heavy atom. The molecule has 1 aliphatic heterocycles. The van der Waals surface area contributed by atoms with E-state index in [1.807, 2.05) is 29.2 Å². The lowest BCUT2D eigenvalue weighted by atomic mass is 10.1. The number of H-pyrrole nitrogens is 1. The molecule has 1 aliphatic carbocycles. The second kappa shape index (κ2) is 7.24. The maximum atomic E-state index is 12.8. The van der Waals surface area contributed by atoms with E-state index in [2.05, 4.69) is 22.3 Å². The second-order valence-corrected chi connectivity index (χ2v) is 7.62. The molecule has 2 unspecified atom stereocenters. The van der Waals surface area contributed by atoms with Gasteiger partial charge in [-0.25, -0.2) is 0 Å². The number of carbonyl (C=O) groups excluding carboxylic acids is 2. The zero-order valence-corrected chi connectivity index (χ0v) is 16.0.